The number of hydrogen-bond acceptors (Lipinski definition) is 3. The molecule has 0 aliphatic carbocycles. The minimum atomic E-state index is 0.256. The van der Waals surface area contributed by atoms with Gasteiger partial charge < -0.3 is 5.73 Å². The number of hydrogen-bond donors (Lipinski definition) is 1. The fourth-order valence-corrected chi connectivity index (χ4v) is 2.87. The van der Waals surface area contributed by atoms with Crippen LogP contribution in [0.1, 0.15) is 25.3 Å². The summed E-state index contributed by atoms with van der Waals surface area (Å²) in [4.78, 5) is 6.47. The second-order valence-electron chi connectivity index (χ2n) is 5.08. The van der Waals surface area contributed by atoms with Crippen molar-refractivity contribution in [3.05, 3.63) is 28.0 Å². The zero-order valence-corrected chi connectivity index (χ0v) is 12.1. The second-order valence-corrected chi connectivity index (χ2v) is 5.83. The van der Waals surface area contributed by atoms with Gasteiger partial charge in [0.2, 0.25) is 0 Å². The Morgan fingerprint density at radius 1 is 1.50 bits per heavy atom. The van der Waals surface area contributed by atoms with Gasteiger partial charge in [0.05, 0.1) is 0 Å². The summed E-state index contributed by atoms with van der Waals surface area (Å²) in [6.45, 7) is 5.05. The van der Waals surface area contributed by atoms with Crippen molar-refractivity contribution in [2.45, 2.75) is 32.4 Å². The Hall–Kier alpha value is -0.350. The maximum atomic E-state index is 6.10. The molecule has 100 valence electrons. The average molecular weight is 288 g/mol. The van der Waals surface area contributed by atoms with Gasteiger partial charge in [0, 0.05) is 24.7 Å². The second kappa shape index (κ2) is 6.20. The van der Waals surface area contributed by atoms with E-state index in [1.807, 2.05) is 6.07 Å². The number of nitrogens with two attached hydrogens (primary N) is 1. The van der Waals surface area contributed by atoms with E-state index in [9.17, 15) is 0 Å². The van der Waals surface area contributed by atoms with Gasteiger partial charge >= 0.3 is 0 Å². The molecular formula is C13H19Cl2N3. The van der Waals surface area contributed by atoms with Crippen LogP contribution in [0.25, 0.3) is 0 Å². The van der Waals surface area contributed by atoms with Crippen molar-refractivity contribution < 1.29 is 0 Å². The normalized spacial score (nSPS) is 23.0. The number of halogens is 2. The summed E-state index contributed by atoms with van der Waals surface area (Å²) < 4.78 is 0. The molecule has 1 aliphatic heterocycles. The third-order valence-corrected chi connectivity index (χ3v) is 4.11. The van der Waals surface area contributed by atoms with Gasteiger partial charge in [0.25, 0.3) is 0 Å². The minimum absolute atomic E-state index is 0.256. The molecule has 1 aromatic rings. The van der Waals surface area contributed by atoms with Crippen LogP contribution in [0.4, 0.5) is 0 Å². The Morgan fingerprint density at radius 3 is 2.94 bits per heavy atom. The molecule has 1 aromatic heterocycles. The van der Waals surface area contributed by atoms with Crippen LogP contribution in [0.3, 0.4) is 0 Å². The topological polar surface area (TPSA) is 42.1 Å². The van der Waals surface area contributed by atoms with Gasteiger partial charge in [-0.05, 0) is 38.3 Å². The Kier molecular flexibility index (Phi) is 4.84. The number of nitrogens with zero attached hydrogens (tertiary/aromatic N) is 2. The molecule has 0 amide bonds. The molecule has 0 spiro atoms. The molecule has 0 saturated carbocycles. The lowest BCUT2D eigenvalue weighted by molar-refractivity contribution is 0.154. The van der Waals surface area contributed by atoms with E-state index < -0.39 is 0 Å². The monoisotopic (exact) mass is 287 g/mol. The van der Waals surface area contributed by atoms with Gasteiger partial charge in [-0.1, -0.05) is 29.3 Å². The standard InChI is InChI=1S/C13H19Cl2N3/c1-9(16)10-3-2-6-18(7-10)8-11-4-5-12(14)17-13(11)15/h4-5,9-10H,2-3,6-8,16H2,1H3. The van der Waals surface area contributed by atoms with E-state index in [2.05, 4.69) is 16.8 Å². The summed E-state index contributed by atoms with van der Waals surface area (Å²) in [6.07, 6.45) is 2.42. The van der Waals surface area contributed by atoms with E-state index in [4.69, 9.17) is 28.9 Å². The molecular weight excluding hydrogens is 269 g/mol. The van der Waals surface area contributed by atoms with Crippen LogP contribution in [0.2, 0.25) is 10.3 Å². The van der Waals surface area contributed by atoms with E-state index in [0.29, 0.717) is 16.2 Å². The molecule has 1 fully saturated rings. The third-order valence-electron chi connectivity index (χ3n) is 3.57. The van der Waals surface area contributed by atoms with Gasteiger partial charge in [0.1, 0.15) is 10.3 Å². The molecule has 1 saturated heterocycles. The highest BCUT2D eigenvalue weighted by Gasteiger charge is 2.23. The lowest BCUT2D eigenvalue weighted by atomic mass is 9.92. The molecule has 0 bridgehead atoms. The predicted octanol–water partition coefficient (Wildman–Crippen LogP) is 2.95. The van der Waals surface area contributed by atoms with E-state index in [1.165, 1.54) is 12.8 Å². The molecule has 2 atom stereocenters. The van der Waals surface area contributed by atoms with E-state index in [-0.39, 0.29) is 6.04 Å². The number of pyridine rings is 1. The van der Waals surface area contributed by atoms with Crippen LogP contribution in [-0.4, -0.2) is 29.0 Å². The highest BCUT2D eigenvalue weighted by Crippen LogP contribution is 2.23. The van der Waals surface area contributed by atoms with Crippen molar-refractivity contribution in [3.8, 4) is 0 Å². The van der Waals surface area contributed by atoms with Crippen molar-refractivity contribution in [3.63, 3.8) is 0 Å². The van der Waals surface area contributed by atoms with Gasteiger partial charge in [-0.25, -0.2) is 4.98 Å². The molecule has 3 nitrogen and oxygen atoms in total. The number of likely N-dealkylation sites (tertiary alicyclic amines) is 1. The van der Waals surface area contributed by atoms with Crippen LogP contribution in [0.5, 0.6) is 0 Å². The van der Waals surface area contributed by atoms with Crippen molar-refractivity contribution in [1.29, 1.82) is 0 Å². The number of rotatable bonds is 3. The molecule has 5 heteroatoms. The first kappa shape index (κ1) is 14.1. The first-order valence-corrected chi connectivity index (χ1v) is 7.10. The van der Waals surface area contributed by atoms with Crippen LogP contribution in [0, 0.1) is 5.92 Å². The fraction of sp³-hybridized carbons (Fsp3) is 0.615. The Balaban J connectivity index is 2.00. The van der Waals surface area contributed by atoms with Crippen molar-refractivity contribution >= 4 is 23.2 Å². The van der Waals surface area contributed by atoms with Crippen molar-refractivity contribution in [2.24, 2.45) is 11.7 Å². The first-order valence-electron chi connectivity index (χ1n) is 6.35. The minimum Gasteiger partial charge on any atom is -0.328 e. The molecule has 2 unspecified atom stereocenters. The van der Waals surface area contributed by atoms with Crippen LogP contribution in [-0.2, 0) is 6.54 Å². The predicted molar refractivity (Wildman–Crippen MR) is 75.9 cm³/mol. The summed E-state index contributed by atoms with van der Waals surface area (Å²) in [5, 5.41) is 0.946. The van der Waals surface area contributed by atoms with Gasteiger partial charge in [0.15, 0.2) is 0 Å². The first-order chi connectivity index (χ1) is 8.56. The number of aromatic nitrogens is 1. The summed E-state index contributed by atoms with van der Waals surface area (Å²) >= 11 is 11.9. The zero-order valence-electron chi connectivity index (χ0n) is 10.6. The smallest absolute Gasteiger partial charge is 0.135 e. The van der Waals surface area contributed by atoms with E-state index in [1.54, 1.807) is 6.07 Å². The molecule has 2 N–H and O–H groups in total. The van der Waals surface area contributed by atoms with Gasteiger partial charge in [-0.15, -0.1) is 0 Å². The maximum absolute atomic E-state index is 6.10. The summed E-state index contributed by atoms with van der Waals surface area (Å²) in [6, 6.07) is 4.00. The van der Waals surface area contributed by atoms with E-state index >= 15 is 0 Å². The lowest BCUT2D eigenvalue weighted by Crippen LogP contribution is -2.41. The molecule has 2 rings (SSSR count). The summed E-state index contributed by atoms with van der Waals surface area (Å²) in [7, 11) is 0. The fourth-order valence-electron chi connectivity index (χ4n) is 2.46. The van der Waals surface area contributed by atoms with Crippen molar-refractivity contribution in [1.82, 2.24) is 9.88 Å². The maximum Gasteiger partial charge on any atom is 0.135 e. The summed E-state index contributed by atoms with van der Waals surface area (Å²) in [5.74, 6) is 0.581. The van der Waals surface area contributed by atoms with Gasteiger partial charge in [-0.2, -0.15) is 0 Å². The van der Waals surface area contributed by atoms with Gasteiger partial charge in [-0.3, -0.25) is 4.90 Å². The highest BCUT2D eigenvalue weighted by molar-refractivity contribution is 6.32. The summed E-state index contributed by atoms with van der Waals surface area (Å²) in [5.41, 5.74) is 7.02. The van der Waals surface area contributed by atoms with Crippen molar-refractivity contribution in [2.75, 3.05) is 13.1 Å². The third kappa shape index (κ3) is 3.58. The zero-order chi connectivity index (χ0) is 13.1. The molecule has 0 aromatic carbocycles. The Bertz CT molecular complexity index is 409. The molecule has 18 heavy (non-hydrogen) atoms. The average Bonchev–Trinajstić information content (AvgIpc) is 2.33. The molecule has 1 aliphatic rings. The Labute approximate surface area is 118 Å². The van der Waals surface area contributed by atoms with E-state index in [0.717, 1.165) is 25.2 Å². The quantitative estimate of drug-likeness (QED) is 0.869. The SMILES string of the molecule is CC(N)C1CCCN(Cc2ccc(Cl)nc2Cl)C1. The molecule has 0 radical (unpaired) electrons. The molecule has 2 heterocycles. The largest absolute Gasteiger partial charge is 0.328 e. The number of piperidine rings is 1. The van der Waals surface area contributed by atoms with Crippen LogP contribution in [0.15, 0.2) is 12.1 Å². The Morgan fingerprint density at radius 2 is 2.28 bits per heavy atom. The van der Waals surface area contributed by atoms with Crippen LogP contribution >= 0.6 is 23.2 Å². The highest BCUT2D eigenvalue weighted by atomic mass is 35.5. The lowest BCUT2D eigenvalue weighted by Gasteiger charge is -2.34. The van der Waals surface area contributed by atoms with Crippen LogP contribution < -0.4 is 5.73 Å².